The fourth-order valence-electron chi connectivity index (χ4n) is 3.74. The van der Waals surface area contributed by atoms with Crippen molar-refractivity contribution in [3.63, 3.8) is 0 Å². The Kier molecular flexibility index (Phi) is 6.88. The molecule has 10 heteroatoms. The van der Waals surface area contributed by atoms with Gasteiger partial charge in [0.25, 0.3) is 0 Å². The first-order valence-electron chi connectivity index (χ1n) is 10.0. The van der Waals surface area contributed by atoms with Crippen LogP contribution in [0, 0.1) is 10.1 Å². The summed E-state index contributed by atoms with van der Waals surface area (Å²) >= 11 is 0. The maximum atomic E-state index is 11.6. The van der Waals surface area contributed by atoms with E-state index in [0.29, 0.717) is 6.54 Å². The van der Waals surface area contributed by atoms with Crippen molar-refractivity contribution in [2.75, 3.05) is 56.8 Å². The highest BCUT2D eigenvalue weighted by Gasteiger charge is 2.28. The number of nitrogen functional groups attached to an aromatic ring is 1. The third-order valence-electron chi connectivity index (χ3n) is 5.31. The molecule has 10 nitrogen and oxygen atoms in total. The van der Waals surface area contributed by atoms with Gasteiger partial charge in [-0.2, -0.15) is 9.97 Å². The van der Waals surface area contributed by atoms with Gasteiger partial charge in [-0.25, -0.2) is 0 Å². The second-order valence-corrected chi connectivity index (χ2v) is 7.51. The van der Waals surface area contributed by atoms with Crippen molar-refractivity contribution in [1.29, 1.82) is 0 Å². The van der Waals surface area contributed by atoms with Crippen molar-refractivity contribution in [3.8, 4) is 5.75 Å². The van der Waals surface area contributed by atoms with E-state index in [1.165, 1.54) is 0 Å². The molecule has 162 valence electrons. The van der Waals surface area contributed by atoms with Crippen LogP contribution in [0.25, 0.3) is 0 Å². The van der Waals surface area contributed by atoms with Gasteiger partial charge >= 0.3 is 5.69 Å². The number of aromatic nitrogens is 2. The molecule has 1 aromatic heterocycles. The SMILES string of the molecule is COc1ccccc1[C@@H](CNc1nc(N)c([N+](=O)[O-])c(N2CCCCC2)n1)N(C)C. The number of nitro groups is 1. The highest BCUT2D eigenvalue weighted by Crippen LogP contribution is 2.34. The molecule has 0 radical (unpaired) electrons. The normalized spacial score (nSPS) is 15.1. The lowest BCUT2D eigenvalue weighted by molar-refractivity contribution is -0.383. The summed E-state index contributed by atoms with van der Waals surface area (Å²) in [5.41, 5.74) is 6.75. The summed E-state index contributed by atoms with van der Waals surface area (Å²) in [5.74, 6) is 1.22. The Balaban J connectivity index is 1.88. The van der Waals surface area contributed by atoms with E-state index >= 15 is 0 Å². The molecule has 0 bridgehead atoms. The minimum absolute atomic E-state index is 0.0281. The van der Waals surface area contributed by atoms with Crippen LogP contribution in [0.4, 0.5) is 23.3 Å². The van der Waals surface area contributed by atoms with Crippen molar-refractivity contribution in [3.05, 3.63) is 39.9 Å². The number of hydrogen-bond donors (Lipinski definition) is 2. The van der Waals surface area contributed by atoms with E-state index in [0.717, 1.165) is 43.7 Å². The molecule has 1 fully saturated rings. The van der Waals surface area contributed by atoms with Gasteiger partial charge in [-0.1, -0.05) is 18.2 Å². The zero-order valence-corrected chi connectivity index (χ0v) is 17.7. The predicted molar refractivity (Wildman–Crippen MR) is 117 cm³/mol. The van der Waals surface area contributed by atoms with Gasteiger partial charge < -0.3 is 25.6 Å². The van der Waals surface area contributed by atoms with Crippen LogP contribution >= 0.6 is 0 Å². The van der Waals surface area contributed by atoms with Crippen LogP contribution < -0.4 is 20.7 Å². The summed E-state index contributed by atoms with van der Waals surface area (Å²) in [6.45, 7) is 1.92. The standard InChI is InChI=1S/C20H29N7O3/c1-25(2)15(14-9-5-6-10-16(14)30-3)13-22-20-23-18(21)17(27(28)29)19(24-20)26-11-7-4-8-12-26/h5-6,9-10,15H,4,7-8,11-13H2,1-3H3,(H3,21,22,23,24)/t15-/m1/s1. The lowest BCUT2D eigenvalue weighted by atomic mass is 10.0. The molecule has 0 saturated carbocycles. The number of anilines is 3. The molecule has 1 aromatic carbocycles. The van der Waals surface area contributed by atoms with E-state index in [1.807, 2.05) is 43.3 Å². The molecule has 1 aliphatic rings. The summed E-state index contributed by atoms with van der Waals surface area (Å²) in [6, 6.07) is 7.78. The maximum Gasteiger partial charge on any atom is 0.353 e. The largest absolute Gasteiger partial charge is 0.496 e. The highest BCUT2D eigenvalue weighted by molar-refractivity contribution is 5.71. The molecule has 0 amide bonds. The number of ether oxygens (including phenoxy) is 1. The molecule has 2 heterocycles. The van der Waals surface area contributed by atoms with Gasteiger partial charge in [0.15, 0.2) is 0 Å². The summed E-state index contributed by atoms with van der Waals surface area (Å²) in [4.78, 5) is 23.7. The highest BCUT2D eigenvalue weighted by atomic mass is 16.6. The minimum Gasteiger partial charge on any atom is -0.496 e. The minimum atomic E-state index is -0.499. The number of para-hydroxylation sites is 1. The lowest BCUT2D eigenvalue weighted by Crippen LogP contribution is -2.32. The van der Waals surface area contributed by atoms with Crippen molar-refractivity contribution in [1.82, 2.24) is 14.9 Å². The first kappa shape index (κ1) is 21.6. The second kappa shape index (κ2) is 9.57. The molecule has 30 heavy (non-hydrogen) atoms. The summed E-state index contributed by atoms with van der Waals surface area (Å²) < 4.78 is 5.50. The average Bonchev–Trinajstić information content (AvgIpc) is 2.74. The summed E-state index contributed by atoms with van der Waals surface area (Å²) in [6.07, 6.45) is 3.06. The van der Waals surface area contributed by atoms with Crippen molar-refractivity contribution >= 4 is 23.3 Å². The molecule has 2 aromatic rings. The molecular formula is C20H29N7O3. The number of benzene rings is 1. The lowest BCUT2D eigenvalue weighted by Gasteiger charge is -2.28. The molecule has 0 aliphatic carbocycles. The number of nitrogens with zero attached hydrogens (tertiary/aromatic N) is 5. The molecule has 1 atom stereocenters. The van der Waals surface area contributed by atoms with Crippen LogP contribution in [0.3, 0.4) is 0 Å². The van der Waals surface area contributed by atoms with E-state index in [-0.39, 0.29) is 29.3 Å². The predicted octanol–water partition coefficient (Wildman–Crippen LogP) is 2.68. The molecule has 0 spiro atoms. The third kappa shape index (κ3) is 4.70. The maximum absolute atomic E-state index is 11.6. The molecule has 1 aliphatic heterocycles. The average molecular weight is 415 g/mol. The van der Waals surface area contributed by atoms with Crippen LogP contribution in [-0.4, -0.2) is 60.6 Å². The van der Waals surface area contributed by atoms with Gasteiger partial charge in [-0.3, -0.25) is 10.1 Å². The van der Waals surface area contributed by atoms with E-state index in [2.05, 4.69) is 20.2 Å². The van der Waals surface area contributed by atoms with E-state index in [1.54, 1.807) is 7.11 Å². The quantitative estimate of drug-likeness (QED) is 0.495. The molecule has 3 rings (SSSR count). The van der Waals surface area contributed by atoms with Gasteiger partial charge in [0, 0.05) is 25.2 Å². The van der Waals surface area contributed by atoms with Crippen LogP contribution in [0.2, 0.25) is 0 Å². The number of likely N-dealkylation sites (N-methyl/N-ethyl adjacent to an activating group) is 1. The number of rotatable bonds is 8. The zero-order chi connectivity index (χ0) is 21.7. The number of piperidine rings is 1. The zero-order valence-electron chi connectivity index (χ0n) is 17.7. The van der Waals surface area contributed by atoms with E-state index in [4.69, 9.17) is 10.5 Å². The fourth-order valence-corrected chi connectivity index (χ4v) is 3.74. The van der Waals surface area contributed by atoms with Crippen LogP contribution in [-0.2, 0) is 0 Å². The van der Waals surface area contributed by atoms with Gasteiger partial charge in [-0.05, 0) is 39.4 Å². The second-order valence-electron chi connectivity index (χ2n) is 7.51. The Labute approximate surface area is 176 Å². The Morgan fingerprint density at radius 2 is 1.97 bits per heavy atom. The Morgan fingerprint density at radius 3 is 2.60 bits per heavy atom. The van der Waals surface area contributed by atoms with Gasteiger partial charge in [0.2, 0.25) is 17.6 Å². The first-order chi connectivity index (χ1) is 14.4. The first-order valence-corrected chi connectivity index (χ1v) is 10.0. The van der Waals surface area contributed by atoms with Gasteiger partial charge in [0.05, 0.1) is 18.1 Å². The Hall–Kier alpha value is -3.14. The van der Waals surface area contributed by atoms with Crippen molar-refractivity contribution in [2.45, 2.75) is 25.3 Å². The molecule has 0 unspecified atom stereocenters. The van der Waals surface area contributed by atoms with Crippen LogP contribution in [0.1, 0.15) is 30.9 Å². The summed E-state index contributed by atoms with van der Waals surface area (Å²) in [7, 11) is 5.59. The van der Waals surface area contributed by atoms with E-state index < -0.39 is 4.92 Å². The molecule has 3 N–H and O–H groups in total. The Bertz CT molecular complexity index is 885. The molecule has 1 saturated heterocycles. The number of methoxy groups -OCH3 is 1. The molecular weight excluding hydrogens is 386 g/mol. The summed E-state index contributed by atoms with van der Waals surface area (Å²) in [5, 5.41) is 14.8. The Morgan fingerprint density at radius 1 is 1.27 bits per heavy atom. The van der Waals surface area contributed by atoms with Crippen molar-refractivity contribution < 1.29 is 9.66 Å². The van der Waals surface area contributed by atoms with Crippen LogP contribution in [0.15, 0.2) is 24.3 Å². The monoisotopic (exact) mass is 415 g/mol. The number of hydrogen-bond acceptors (Lipinski definition) is 9. The number of nitrogens with two attached hydrogens (primary N) is 1. The number of nitrogens with one attached hydrogen (secondary N) is 1. The van der Waals surface area contributed by atoms with E-state index in [9.17, 15) is 10.1 Å². The third-order valence-corrected chi connectivity index (χ3v) is 5.31. The smallest absolute Gasteiger partial charge is 0.353 e. The fraction of sp³-hybridized carbons (Fsp3) is 0.500. The van der Waals surface area contributed by atoms with Gasteiger partial charge in [0.1, 0.15) is 5.75 Å². The van der Waals surface area contributed by atoms with Gasteiger partial charge in [-0.15, -0.1) is 0 Å². The van der Waals surface area contributed by atoms with Crippen molar-refractivity contribution in [2.24, 2.45) is 0 Å². The van der Waals surface area contributed by atoms with Crippen LogP contribution in [0.5, 0.6) is 5.75 Å². The topological polar surface area (TPSA) is 123 Å².